The standard InChI is InChI=1S/C19H23Cl2N3O/c1-23(2)18-13-24(12-15-16(20)10-22-11-17(15)21)9-8-19(18,25)14-6-4-3-5-7-14/h3-7,10-11,18,25H,8-9,12-13H2,1-2H3/t18-,19+/m1/s1. The van der Waals surface area contributed by atoms with Crippen molar-refractivity contribution in [3.63, 3.8) is 0 Å². The van der Waals surface area contributed by atoms with E-state index in [0.717, 1.165) is 24.2 Å². The number of likely N-dealkylation sites (tertiary alicyclic amines) is 1. The number of rotatable bonds is 4. The molecule has 2 aromatic rings. The fourth-order valence-corrected chi connectivity index (χ4v) is 4.08. The van der Waals surface area contributed by atoms with Crippen molar-refractivity contribution in [1.82, 2.24) is 14.8 Å². The lowest BCUT2D eigenvalue weighted by Gasteiger charge is -2.47. The maximum absolute atomic E-state index is 11.4. The molecular weight excluding hydrogens is 357 g/mol. The van der Waals surface area contributed by atoms with Gasteiger partial charge in [-0.15, -0.1) is 0 Å². The Morgan fingerprint density at radius 1 is 1.20 bits per heavy atom. The Bertz CT molecular complexity index is 706. The van der Waals surface area contributed by atoms with E-state index in [0.29, 0.717) is 23.0 Å². The van der Waals surface area contributed by atoms with Crippen LogP contribution in [0.15, 0.2) is 42.7 Å². The van der Waals surface area contributed by atoms with Crippen LogP contribution in [0.5, 0.6) is 0 Å². The van der Waals surface area contributed by atoms with Crippen LogP contribution >= 0.6 is 23.2 Å². The van der Waals surface area contributed by atoms with Gasteiger partial charge in [-0.25, -0.2) is 0 Å². The molecule has 1 aromatic carbocycles. The van der Waals surface area contributed by atoms with E-state index in [2.05, 4.69) is 14.8 Å². The van der Waals surface area contributed by atoms with Gasteiger partial charge < -0.3 is 10.0 Å². The minimum Gasteiger partial charge on any atom is -0.383 e. The fraction of sp³-hybridized carbons (Fsp3) is 0.421. The van der Waals surface area contributed by atoms with Gasteiger partial charge in [0.05, 0.1) is 16.1 Å². The third kappa shape index (κ3) is 3.83. The first-order valence-corrected chi connectivity index (χ1v) is 9.12. The summed E-state index contributed by atoms with van der Waals surface area (Å²) in [6.45, 7) is 2.15. The summed E-state index contributed by atoms with van der Waals surface area (Å²) in [4.78, 5) is 8.39. The minimum atomic E-state index is -0.868. The first-order chi connectivity index (χ1) is 11.9. The zero-order valence-electron chi connectivity index (χ0n) is 14.5. The first kappa shape index (κ1) is 18.6. The zero-order valence-corrected chi connectivity index (χ0v) is 16.0. The van der Waals surface area contributed by atoms with Gasteiger partial charge in [0.25, 0.3) is 0 Å². The molecule has 134 valence electrons. The Hall–Kier alpha value is -1.17. The second-order valence-electron chi connectivity index (χ2n) is 6.84. The Morgan fingerprint density at radius 2 is 1.84 bits per heavy atom. The highest BCUT2D eigenvalue weighted by atomic mass is 35.5. The van der Waals surface area contributed by atoms with Gasteiger partial charge in [0.2, 0.25) is 0 Å². The van der Waals surface area contributed by atoms with Crippen molar-refractivity contribution < 1.29 is 5.11 Å². The molecule has 1 aromatic heterocycles. The summed E-state index contributed by atoms with van der Waals surface area (Å²) in [5, 5.41) is 12.6. The molecule has 3 rings (SSSR count). The maximum atomic E-state index is 11.4. The number of nitrogens with zero attached hydrogens (tertiary/aromatic N) is 3. The quantitative estimate of drug-likeness (QED) is 0.883. The van der Waals surface area contributed by atoms with Crippen LogP contribution in [-0.2, 0) is 12.1 Å². The molecule has 2 atom stereocenters. The molecule has 6 heteroatoms. The number of hydrogen-bond acceptors (Lipinski definition) is 4. The monoisotopic (exact) mass is 379 g/mol. The van der Waals surface area contributed by atoms with Gasteiger partial charge in [0, 0.05) is 37.6 Å². The number of benzene rings is 1. The maximum Gasteiger partial charge on any atom is 0.107 e. The summed E-state index contributed by atoms with van der Waals surface area (Å²) >= 11 is 12.5. The highest BCUT2D eigenvalue weighted by Gasteiger charge is 2.44. The molecule has 1 aliphatic heterocycles. The largest absolute Gasteiger partial charge is 0.383 e. The van der Waals surface area contributed by atoms with Crippen molar-refractivity contribution >= 4 is 23.2 Å². The van der Waals surface area contributed by atoms with Crippen LogP contribution in [0, 0.1) is 0 Å². The molecular formula is C19H23Cl2N3O. The lowest BCUT2D eigenvalue weighted by atomic mass is 9.79. The van der Waals surface area contributed by atoms with Crippen molar-refractivity contribution in [3.8, 4) is 0 Å². The van der Waals surface area contributed by atoms with Gasteiger partial charge in [0.15, 0.2) is 0 Å². The number of piperidine rings is 1. The zero-order chi connectivity index (χ0) is 18.0. The lowest BCUT2D eigenvalue weighted by molar-refractivity contribution is -0.0892. The number of pyridine rings is 1. The number of hydrogen-bond donors (Lipinski definition) is 1. The summed E-state index contributed by atoms with van der Waals surface area (Å²) < 4.78 is 0. The molecule has 0 amide bonds. The summed E-state index contributed by atoms with van der Waals surface area (Å²) in [5.41, 5.74) is 0.988. The van der Waals surface area contributed by atoms with E-state index in [-0.39, 0.29) is 6.04 Å². The molecule has 1 aliphatic rings. The van der Waals surface area contributed by atoms with Crippen molar-refractivity contribution in [3.05, 3.63) is 63.9 Å². The molecule has 2 heterocycles. The minimum absolute atomic E-state index is 0.0250. The summed E-state index contributed by atoms with van der Waals surface area (Å²) in [7, 11) is 4.02. The van der Waals surface area contributed by atoms with E-state index in [1.54, 1.807) is 12.4 Å². The number of aromatic nitrogens is 1. The van der Waals surface area contributed by atoms with Crippen molar-refractivity contribution in [2.75, 3.05) is 27.2 Å². The highest BCUT2D eigenvalue weighted by Crippen LogP contribution is 2.36. The van der Waals surface area contributed by atoms with Gasteiger partial charge in [-0.1, -0.05) is 53.5 Å². The molecule has 0 radical (unpaired) electrons. The SMILES string of the molecule is CN(C)[C@@H]1CN(Cc2c(Cl)cncc2Cl)CC[C@]1(O)c1ccccc1. The Kier molecular flexibility index (Phi) is 5.66. The van der Waals surface area contributed by atoms with E-state index in [1.807, 2.05) is 44.4 Å². The Balaban J connectivity index is 1.83. The number of likely N-dealkylation sites (N-methyl/N-ethyl adjacent to an activating group) is 1. The Labute approximate surface area is 159 Å². The van der Waals surface area contributed by atoms with E-state index in [9.17, 15) is 5.11 Å². The predicted octanol–water partition coefficient (Wildman–Crippen LogP) is 3.41. The fourth-order valence-electron chi connectivity index (χ4n) is 3.59. The number of aliphatic hydroxyl groups is 1. The molecule has 0 saturated carbocycles. The molecule has 25 heavy (non-hydrogen) atoms. The van der Waals surface area contributed by atoms with Crippen LogP contribution in [-0.4, -0.2) is 53.1 Å². The normalized spacial score (nSPS) is 24.6. The Morgan fingerprint density at radius 3 is 2.44 bits per heavy atom. The average Bonchev–Trinajstić information content (AvgIpc) is 2.60. The molecule has 0 unspecified atom stereocenters. The van der Waals surface area contributed by atoms with Crippen LogP contribution in [0.1, 0.15) is 17.5 Å². The van der Waals surface area contributed by atoms with Crippen molar-refractivity contribution in [2.24, 2.45) is 0 Å². The summed E-state index contributed by atoms with van der Waals surface area (Å²) in [5.74, 6) is 0. The molecule has 0 aliphatic carbocycles. The highest BCUT2D eigenvalue weighted by molar-refractivity contribution is 6.35. The second kappa shape index (κ2) is 7.60. The summed E-state index contributed by atoms with van der Waals surface area (Å²) in [6, 6.07) is 9.90. The predicted molar refractivity (Wildman–Crippen MR) is 102 cm³/mol. The average molecular weight is 380 g/mol. The van der Waals surface area contributed by atoms with E-state index in [1.165, 1.54) is 0 Å². The van der Waals surface area contributed by atoms with Crippen LogP contribution in [0.3, 0.4) is 0 Å². The van der Waals surface area contributed by atoms with Crippen molar-refractivity contribution in [2.45, 2.75) is 24.6 Å². The molecule has 1 saturated heterocycles. The van der Waals surface area contributed by atoms with Gasteiger partial charge in [-0.3, -0.25) is 9.88 Å². The molecule has 1 N–H and O–H groups in total. The molecule has 0 spiro atoms. The van der Waals surface area contributed by atoms with Gasteiger partial charge in [-0.2, -0.15) is 0 Å². The third-order valence-corrected chi connectivity index (χ3v) is 5.67. The van der Waals surface area contributed by atoms with Crippen LogP contribution < -0.4 is 0 Å². The second-order valence-corrected chi connectivity index (χ2v) is 7.65. The van der Waals surface area contributed by atoms with Gasteiger partial charge in [-0.05, 0) is 26.1 Å². The van der Waals surface area contributed by atoms with E-state index in [4.69, 9.17) is 23.2 Å². The lowest BCUT2D eigenvalue weighted by Crippen LogP contribution is -2.58. The smallest absolute Gasteiger partial charge is 0.107 e. The van der Waals surface area contributed by atoms with Crippen LogP contribution in [0.25, 0.3) is 0 Å². The number of halogens is 2. The first-order valence-electron chi connectivity index (χ1n) is 8.36. The van der Waals surface area contributed by atoms with Crippen LogP contribution in [0.2, 0.25) is 10.0 Å². The van der Waals surface area contributed by atoms with Crippen LogP contribution in [0.4, 0.5) is 0 Å². The molecule has 4 nitrogen and oxygen atoms in total. The molecule has 0 bridgehead atoms. The topological polar surface area (TPSA) is 39.6 Å². The van der Waals surface area contributed by atoms with Crippen molar-refractivity contribution in [1.29, 1.82) is 0 Å². The van der Waals surface area contributed by atoms with Gasteiger partial charge >= 0.3 is 0 Å². The third-order valence-electron chi connectivity index (χ3n) is 5.02. The van der Waals surface area contributed by atoms with E-state index >= 15 is 0 Å². The summed E-state index contributed by atoms with van der Waals surface area (Å²) in [6.07, 6.45) is 3.90. The van der Waals surface area contributed by atoms with E-state index < -0.39 is 5.60 Å². The van der Waals surface area contributed by atoms with Gasteiger partial charge in [0.1, 0.15) is 5.60 Å². The molecule has 1 fully saturated rings.